The third-order valence-corrected chi connectivity index (χ3v) is 5.54. The molecule has 1 saturated carbocycles. The van der Waals surface area contributed by atoms with Crippen LogP contribution in [-0.4, -0.2) is 23.2 Å². The summed E-state index contributed by atoms with van der Waals surface area (Å²) in [5.74, 6) is -0.265. The lowest BCUT2D eigenvalue weighted by Crippen LogP contribution is -2.39. The minimum absolute atomic E-state index is 0.0406. The van der Waals surface area contributed by atoms with Crippen LogP contribution in [0.15, 0.2) is 16.9 Å². The number of hydrogen-bond acceptors (Lipinski definition) is 4. The Bertz CT molecular complexity index is 914. The molecule has 2 aromatic rings. The van der Waals surface area contributed by atoms with Gasteiger partial charge in [-0.05, 0) is 50.3 Å². The van der Waals surface area contributed by atoms with Crippen molar-refractivity contribution in [3.63, 3.8) is 0 Å². The Balaban J connectivity index is 2.00. The Morgan fingerprint density at radius 3 is 2.64 bits per heavy atom. The van der Waals surface area contributed by atoms with E-state index in [1.165, 1.54) is 0 Å². The molecule has 1 aromatic carbocycles. The molecule has 5 nitrogen and oxygen atoms in total. The molecular formula is C19H25FN4O. The highest BCUT2D eigenvalue weighted by atomic mass is 19.1. The van der Waals surface area contributed by atoms with Gasteiger partial charge in [-0.2, -0.15) is 0 Å². The number of nitrogens with two attached hydrogens (primary N) is 2. The molecule has 134 valence electrons. The van der Waals surface area contributed by atoms with Gasteiger partial charge in [0.15, 0.2) is 0 Å². The second kappa shape index (κ2) is 5.54. The molecule has 2 fully saturated rings. The van der Waals surface area contributed by atoms with Crippen LogP contribution in [0.4, 0.5) is 10.1 Å². The van der Waals surface area contributed by atoms with Gasteiger partial charge in [0.2, 0.25) is 0 Å². The Morgan fingerprint density at radius 1 is 1.36 bits per heavy atom. The number of rotatable bonds is 3. The summed E-state index contributed by atoms with van der Waals surface area (Å²) in [6.45, 7) is 5.46. The normalized spacial score (nSPS) is 23.6. The van der Waals surface area contributed by atoms with Gasteiger partial charge in [-0.15, -0.1) is 0 Å². The second-order valence-electron chi connectivity index (χ2n) is 7.87. The standard InChI is InChI=1S/C19H25FN4O/c1-11-17-14(12(9-21)7-16(25)24(17)13-3-4-13)8-15(20)18(11)23-6-5-19(2,22)10-23/h7-8,13H,3-6,9-10,21-22H2,1-2H3. The van der Waals surface area contributed by atoms with Crippen LogP contribution in [-0.2, 0) is 6.54 Å². The summed E-state index contributed by atoms with van der Waals surface area (Å²) in [5, 5.41) is 0.752. The maximum atomic E-state index is 15.0. The zero-order chi connectivity index (χ0) is 17.9. The van der Waals surface area contributed by atoms with E-state index in [0.29, 0.717) is 17.8 Å². The minimum atomic E-state index is -0.316. The molecule has 6 heteroatoms. The SMILES string of the molecule is Cc1c(N2CCC(C)(N)C2)c(F)cc2c(CN)cc(=O)n(C3CC3)c12. The highest BCUT2D eigenvalue weighted by Gasteiger charge is 2.34. The Hall–Kier alpha value is -1.92. The molecule has 1 atom stereocenters. The first-order valence-electron chi connectivity index (χ1n) is 8.93. The van der Waals surface area contributed by atoms with Crippen molar-refractivity contribution in [2.24, 2.45) is 11.5 Å². The van der Waals surface area contributed by atoms with Crippen LogP contribution >= 0.6 is 0 Å². The Kier molecular flexibility index (Phi) is 3.67. The zero-order valence-corrected chi connectivity index (χ0v) is 14.8. The predicted octanol–water partition coefficient (Wildman–Crippen LogP) is 2.17. The van der Waals surface area contributed by atoms with Crippen LogP contribution in [0.1, 0.15) is 43.4 Å². The van der Waals surface area contributed by atoms with Crippen LogP contribution in [0.3, 0.4) is 0 Å². The number of nitrogens with zero attached hydrogens (tertiary/aromatic N) is 2. The minimum Gasteiger partial charge on any atom is -0.367 e. The third kappa shape index (κ3) is 2.64. The molecule has 25 heavy (non-hydrogen) atoms. The van der Waals surface area contributed by atoms with Crippen molar-refractivity contribution < 1.29 is 4.39 Å². The second-order valence-corrected chi connectivity index (χ2v) is 7.87. The lowest BCUT2D eigenvalue weighted by molar-refractivity contribution is 0.524. The van der Waals surface area contributed by atoms with Crippen LogP contribution in [0, 0.1) is 12.7 Å². The molecule has 0 spiro atoms. The molecule has 1 unspecified atom stereocenters. The summed E-state index contributed by atoms with van der Waals surface area (Å²) in [5.41, 5.74) is 14.6. The molecule has 4 rings (SSSR count). The lowest BCUT2D eigenvalue weighted by atomic mass is 10.0. The number of aryl methyl sites for hydroxylation is 1. The highest BCUT2D eigenvalue weighted by molar-refractivity contribution is 5.90. The predicted molar refractivity (Wildman–Crippen MR) is 98.5 cm³/mol. The van der Waals surface area contributed by atoms with E-state index in [4.69, 9.17) is 11.5 Å². The first-order valence-corrected chi connectivity index (χ1v) is 8.93. The van der Waals surface area contributed by atoms with Crippen molar-refractivity contribution in [2.45, 2.75) is 51.2 Å². The zero-order valence-electron chi connectivity index (χ0n) is 14.8. The third-order valence-electron chi connectivity index (χ3n) is 5.54. The van der Waals surface area contributed by atoms with E-state index < -0.39 is 0 Å². The number of halogens is 1. The number of anilines is 1. The first kappa shape index (κ1) is 16.5. The fourth-order valence-corrected chi connectivity index (χ4v) is 4.15. The summed E-state index contributed by atoms with van der Waals surface area (Å²) >= 11 is 0. The molecule has 2 aliphatic rings. The van der Waals surface area contributed by atoms with Crippen LogP contribution < -0.4 is 21.9 Å². The molecule has 0 bridgehead atoms. The maximum absolute atomic E-state index is 15.0. The van der Waals surface area contributed by atoms with E-state index in [1.807, 2.05) is 23.3 Å². The van der Waals surface area contributed by atoms with Crippen molar-refractivity contribution in [3.05, 3.63) is 39.4 Å². The number of aromatic nitrogens is 1. The number of hydrogen-bond donors (Lipinski definition) is 2. The fourth-order valence-electron chi connectivity index (χ4n) is 4.15. The summed E-state index contributed by atoms with van der Waals surface area (Å²) in [6.07, 6.45) is 2.81. The van der Waals surface area contributed by atoms with Gasteiger partial charge in [0.1, 0.15) is 5.82 Å². The summed E-state index contributed by atoms with van der Waals surface area (Å²) in [6, 6.07) is 3.33. The molecule has 0 amide bonds. The summed E-state index contributed by atoms with van der Waals surface area (Å²) in [7, 11) is 0. The summed E-state index contributed by atoms with van der Waals surface area (Å²) in [4.78, 5) is 14.7. The fraction of sp³-hybridized carbons (Fsp3) is 0.526. The van der Waals surface area contributed by atoms with Crippen molar-refractivity contribution in [1.29, 1.82) is 0 Å². The number of fused-ring (bicyclic) bond motifs is 1. The molecule has 1 saturated heterocycles. The monoisotopic (exact) mass is 344 g/mol. The van der Waals surface area contributed by atoms with Crippen LogP contribution in [0.25, 0.3) is 10.9 Å². The van der Waals surface area contributed by atoms with Gasteiger partial charge in [0.25, 0.3) is 5.56 Å². The van der Waals surface area contributed by atoms with Crippen molar-refractivity contribution in [1.82, 2.24) is 4.57 Å². The molecule has 4 N–H and O–H groups in total. The van der Waals surface area contributed by atoms with E-state index in [2.05, 4.69) is 0 Å². The van der Waals surface area contributed by atoms with E-state index in [1.54, 1.807) is 12.1 Å². The van der Waals surface area contributed by atoms with Crippen molar-refractivity contribution >= 4 is 16.6 Å². The smallest absolute Gasteiger partial charge is 0.251 e. The molecule has 1 aliphatic carbocycles. The molecule has 1 aromatic heterocycles. The largest absolute Gasteiger partial charge is 0.367 e. The van der Waals surface area contributed by atoms with E-state index >= 15 is 4.39 Å². The van der Waals surface area contributed by atoms with Gasteiger partial charge in [-0.1, -0.05) is 0 Å². The average Bonchev–Trinajstić information content (AvgIpc) is 3.31. The van der Waals surface area contributed by atoms with Gasteiger partial charge in [-0.3, -0.25) is 4.79 Å². The number of benzene rings is 1. The topological polar surface area (TPSA) is 77.3 Å². The molecule has 0 radical (unpaired) electrons. The van der Waals surface area contributed by atoms with E-state index in [0.717, 1.165) is 42.3 Å². The lowest BCUT2D eigenvalue weighted by Gasteiger charge is -2.26. The first-order chi connectivity index (χ1) is 11.8. The quantitative estimate of drug-likeness (QED) is 0.895. The van der Waals surface area contributed by atoms with Gasteiger partial charge >= 0.3 is 0 Å². The van der Waals surface area contributed by atoms with Gasteiger partial charge in [0, 0.05) is 42.7 Å². The van der Waals surface area contributed by atoms with Gasteiger partial charge in [-0.25, -0.2) is 4.39 Å². The Labute approximate surface area is 146 Å². The Morgan fingerprint density at radius 2 is 2.08 bits per heavy atom. The van der Waals surface area contributed by atoms with Gasteiger partial charge in [0.05, 0.1) is 11.2 Å². The molecular weight excluding hydrogens is 319 g/mol. The van der Waals surface area contributed by atoms with E-state index in [-0.39, 0.29) is 29.5 Å². The van der Waals surface area contributed by atoms with Crippen molar-refractivity contribution in [3.8, 4) is 0 Å². The maximum Gasteiger partial charge on any atom is 0.251 e. The average molecular weight is 344 g/mol. The molecule has 2 heterocycles. The highest BCUT2D eigenvalue weighted by Crippen LogP contribution is 2.40. The van der Waals surface area contributed by atoms with Crippen molar-refractivity contribution in [2.75, 3.05) is 18.0 Å². The number of pyridine rings is 1. The van der Waals surface area contributed by atoms with Crippen LogP contribution in [0.5, 0.6) is 0 Å². The van der Waals surface area contributed by atoms with E-state index in [9.17, 15) is 4.79 Å². The summed E-state index contributed by atoms with van der Waals surface area (Å²) < 4.78 is 16.9. The molecule has 1 aliphatic heterocycles. The van der Waals surface area contributed by atoms with Crippen LogP contribution in [0.2, 0.25) is 0 Å². The van der Waals surface area contributed by atoms with Gasteiger partial charge < -0.3 is 20.9 Å².